The largest absolute Gasteiger partial charge is 0.455 e. The van der Waals surface area contributed by atoms with Crippen molar-refractivity contribution in [3.8, 4) is 11.3 Å². The average molecular weight is 427 g/mol. The van der Waals surface area contributed by atoms with Gasteiger partial charge in [0.05, 0.1) is 28.1 Å². The van der Waals surface area contributed by atoms with Gasteiger partial charge in [-0.25, -0.2) is 0 Å². The molecule has 1 aromatic carbocycles. The molecule has 2 saturated carbocycles. The third kappa shape index (κ3) is 2.26. The number of carbonyl (C=O) groups excluding carboxylic acids is 2. The second kappa shape index (κ2) is 5.83. The van der Waals surface area contributed by atoms with Gasteiger partial charge in [0, 0.05) is 5.56 Å². The number of amides is 2. The summed E-state index contributed by atoms with van der Waals surface area (Å²) in [7, 11) is 0. The van der Waals surface area contributed by atoms with Crippen molar-refractivity contribution in [3.63, 3.8) is 0 Å². The van der Waals surface area contributed by atoms with Crippen LogP contribution in [0.2, 0.25) is 10.0 Å². The van der Waals surface area contributed by atoms with Crippen molar-refractivity contribution in [2.75, 3.05) is 0 Å². The molecule has 4 atom stereocenters. The van der Waals surface area contributed by atoms with E-state index < -0.39 is 0 Å². The van der Waals surface area contributed by atoms with Crippen molar-refractivity contribution < 1.29 is 14.0 Å². The van der Waals surface area contributed by atoms with Gasteiger partial charge in [-0.15, -0.1) is 0 Å². The summed E-state index contributed by atoms with van der Waals surface area (Å²) in [6.45, 7) is 0. The molecule has 1 saturated heterocycles. The molecule has 1 aliphatic heterocycles. The molecule has 4 aliphatic rings. The minimum atomic E-state index is -0.255. The van der Waals surface area contributed by atoms with E-state index >= 15 is 0 Å². The highest BCUT2D eigenvalue weighted by atomic mass is 35.5. The third-order valence-electron chi connectivity index (χ3n) is 6.97. The fourth-order valence-corrected chi connectivity index (χ4v) is 5.95. The summed E-state index contributed by atoms with van der Waals surface area (Å²) >= 11 is 12.3. The highest BCUT2D eigenvalue weighted by Crippen LogP contribution is 2.73. The van der Waals surface area contributed by atoms with E-state index in [0.717, 1.165) is 17.9 Å². The summed E-state index contributed by atoms with van der Waals surface area (Å²) in [5.41, 5.74) is 0.849. The Balaban J connectivity index is 1.25. The Bertz CT molecular complexity index is 1100. The zero-order valence-corrected chi connectivity index (χ0v) is 16.7. The average Bonchev–Trinajstić information content (AvgIpc) is 3.00. The van der Waals surface area contributed by atoms with E-state index in [4.69, 9.17) is 27.6 Å². The molecule has 5 nitrogen and oxygen atoms in total. The van der Waals surface area contributed by atoms with Crippen molar-refractivity contribution in [1.82, 2.24) is 5.01 Å². The number of hydrogen-bond donors (Lipinski definition) is 0. The summed E-state index contributed by atoms with van der Waals surface area (Å²) in [6, 6.07) is 8.76. The molecule has 146 valence electrons. The Kier molecular flexibility index (Phi) is 3.52. The Labute approximate surface area is 177 Å². The van der Waals surface area contributed by atoms with E-state index in [9.17, 15) is 9.59 Å². The van der Waals surface area contributed by atoms with Crippen LogP contribution in [0.1, 0.15) is 18.6 Å². The summed E-state index contributed by atoms with van der Waals surface area (Å²) in [5.74, 6) is 0.446. The normalized spacial score (nSPS) is 30.9. The van der Waals surface area contributed by atoms with E-state index in [1.54, 1.807) is 30.3 Å². The van der Waals surface area contributed by atoms with Crippen molar-refractivity contribution in [2.45, 2.75) is 12.8 Å². The topological polar surface area (TPSA) is 62.9 Å². The molecule has 2 amide bonds. The fraction of sp³-hybridized carbons (Fsp3) is 0.318. The zero-order valence-electron chi connectivity index (χ0n) is 15.2. The van der Waals surface area contributed by atoms with Crippen LogP contribution in [0.4, 0.5) is 0 Å². The number of carbonyl (C=O) groups is 2. The van der Waals surface area contributed by atoms with Crippen LogP contribution in [0.25, 0.3) is 11.3 Å². The van der Waals surface area contributed by atoms with Crippen molar-refractivity contribution in [2.24, 2.45) is 34.2 Å². The second-order valence-corrected chi connectivity index (χ2v) is 9.04. The molecule has 0 unspecified atom stereocenters. The van der Waals surface area contributed by atoms with Crippen LogP contribution >= 0.6 is 23.2 Å². The lowest BCUT2D eigenvalue weighted by Crippen LogP contribution is -2.30. The number of rotatable bonds is 3. The van der Waals surface area contributed by atoms with Gasteiger partial charge in [-0.05, 0) is 54.4 Å². The van der Waals surface area contributed by atoms with E-state index in [1.807, 2.05) is 0 Å². The number of imide groups is 1. The minimum absolute atomic E-state index is 0.183. The Morgan fingerprint density at radius 3 is 2.38 bits per heavy atom. The number of allylic oxidation sites excluding steroid dienone is 2. The molecular weight excluding hydrogens is 411 g/mol. The molecule has 0 radical (unpaired) electrons. The fourth-order valence-electron chi connectivity index (χ4n) is 5.55. The Morgan fingerprint density at radius 2 is 1.72 bits per heavy atom. The molecule has 2 bridgehead atoms. The standard InChI is InChI=1S/C22H16Cl2N2O3/c23-15-3-1-2-12(19(15)24)16-7-4-11(29-16)10-25-26-20(27)17-13-5-6-14(18(17)21(26)28)22(13)8-9-22/h1-7,10,13-14,17-18H,8-9H2/b25-10-/t13-,14-,17-,18+/m1/s1. The SMILES string of the molecule is O=C1[C@@H]2[C@H](C(=O)N1/N=C\c1ccc(-c3cccc(Cl)c3Cl)o1)[C@H]1C=C[C@H]2C12CC2. The van der Waals surface area contributed by atoms with E-state index in [2.05, 4.69) is 17.3 Å². The first-order valence-electron chi connectivity index (χ1n) is 9.66. The smallest absolute Gasteiger partial charge is 0.254 e. The number of benzene rings is 1. The molecule has 0 N–H and O–H groups in total. The second-order valence-electron chi connectivity index (χ2n) is 8.26. The van der Waals surface area contributed by atoms with Crippen LogP contribution in [0.3, 0.4) is 0 Å². The van der Waals surface area contributed by atoms with Crippen LogP contribution < -0.4 is 0 Å². The molecule has 2 aromatic rings. The lowest BCUT2D eigenvalue weighted by atomic mass is 9.85. The van der Waals surface area contributed by atoms with Gasteiger partial charge >= 0.3 is 0 Å². The van der Waals surface area contributed by atoms with Crippen molar-refractivity contribution in [3.05, 3.63) is 58.3 Å². The summed E-state index contributed by atoms with van der Waals surface area (Å²) in [5, 5.41) is 6.05. The van der Waals surface area contributed by atoms with E-state index in [-0.39, 0.29) is 40.9 Å². The predicted molar refractivity (Wildman–Crippen MR) is 108 cm³/mol. The van der Waals surface area contributed by atoms with Crippen LogP contribution in [0, 0.1) is 29.1 Å². The maximum Gasteiger partial charge on any atom is 0.254 e. The zero-order chi connectivity index (χ0) is 19.9. The Hall–Kier alpha value is -2.37. The quantitative estimate of drug-likeness (QED) is 0.402. The number of furan rings is 1. The summed E-state index contributed by atoms with van der Waals surface area (Å²) in [6.07, 6.45) is 7.93. The minimum Gasteiger partial charge on any atom is -0.455 e. The first-order chi connectivity index (χ1) is 14.0. The van der Waals surface area contributed by atoms with Crippen LogP contribution in [-0.4, -0.2) is 23.0 Å². The monoisotopic (exact) mass is 426 g/mol. The molecule has 3 aliphatic carbocycles. The molecular formula is C22H16Cl2N2O3. The predicted octanol–water partition coefficient (Wildman–Crippen LogP) is 4.78. The lowest BCUT2D eigenvalue weighted by molar-refractivity contribution is -0.141. The lowest BCUT2D eigenvalue weighted by Gasteiger charge is -2.18. The van der Waals surface area contributed by atoms with Crippen LogP contribution in [0.5, 0.6) is 0 Å². The number of nitrogens with zero attached hydrogens (tertiary/aromatic N) is 2. The van der Waals surface area contributed by atoms with E-state index in [1.165, 1.54) is 6.21 Å². The van der Waals surface area contributed by atoms with Gasteiger partial charge in [-0.3, -0.25) is 9.59 Å². The van der Waals surface area contributed by atoms with Gasteiger partial charge in [0.2, 0.25) is 0 Å². The van der Waals surface area contributed by atoms with Crippen LogP contribution in [-0.2, 0) is 9.59 Å². The first-order valence-corrected chi connectivity index (χ1v) is 10.4. The van der Waals surface area contributed by atoms with E-state index in [0.29, 0.717) is 27.1 Å². The highest BCUT2D eigenvalue weighted by molar-refractivity contribution is 6.43. The van der Waals surface area contributed by atoms with Crippen molar-refractivity contribution >= 4 is 41.2 Å². The molecule has 6 rings (SSSR count). The third-order valence-corrected chi connectivity index (χ3v) is 7.79. The molecule has 29 heavy (non-hydrogen) atoms. The molecule has 2 heterocycles. The number of fused-ring (bicyclic) bond motifs is 3. The van der Waals surface area contributed by atoms with Gasteiger partial charge in [-0.1, -0.05) is 41.4 Å². The van der Waals surface area contributed by atoms with Gasteiger partial charge in [-0.2, -0.15) is 10.1 Å². The molecule has 3 fully saturated rings. The molecule has 7 heteroatoms. The van der Waals surface area contributed by atoms with Gasteiger partial charge in [0.15, 0.2) is 0 Å². The summed E-state index contributed by atoms with van der Waals surface area (Å²) in [4.78, 5) is 25.9. The molecule has 1 aromatic heterocycles. The number of hydrogen-bond acceptors (Lipinski definition) is 4. The first kappa shape index (κ1) is 17.5. The van der Waals surface area contributed by atoms with Crippen LogP contribution in [0.15, 0.2) is 52.0 Å². The number of hydrazone groups is 1. The number of halogens is 2. The highest BCUT2D eigenvalue weighted by Gasteiger charge is 2.73. The van der Waals surface area contributed by atoms with Gasteiger partial charge in [0.25, 0.3) is 11.8 Å². The molecule has 1 spiro atoms. The summed E-state index contributed by atoms with van der Waals surface area (Å²) < 4.78 is 5.77. The van der Waals surface area contributed by atoms with Crippen molar-refractivity contribution in [1.29, 1.82) is 0 Å². The van der Waals surface area contributed by atoms with Gasteiger partial charge < -0.3 is 4.42 Å². The maximum atomic E-state index is 12.9. The Morgan fingerprint density at radius 1 is 1.03 bits per heavy atom. The van der Waals surface area contributed by atoms with Gasteiger partial charge in [0.1, 0.15) is 11.5 Å². The maximum absolute atomic E-state index is 12.9.